The van der Waals surface area contributed by atoms with Crippen LogP contribution < -0.4 is 4.74 Å². The number of carboxylic acids is 2. The molecule has 2 aromatic rings. The highest BCUT2D eigenvalue weighted by molar-refractivity contribution is 6.31. The van der Waals surface area contributed by atoms with E-state index < -0.39 is 29.8 Å². The standard InChI is InChI=1S/C18H10ClF3O5/c19-11-5-10-6-13(17(25)26)15(18(20,21)22)27-14(10)12(7-11)8-1-3-9(4-2-8)16(23)24/h1-7,15H,(H,23,24)(H,25,26). The van der Waals surface area contributed by atoms with Crippen LogP contribution in [0.15, 0.2) is 42.0 Å². The fourth-order valence-corrected chi connectivity index (χ4v) is 2.93. The van der Waals surface area contributed by atoms with Crippen LogP contribution >= 0.6 is 11.6 Å². The average molecular weight is 399 g/mol. The molecule has 0 aliphatic carbocycles. The summed E-state index contributed by atoms with van der Waals surface area (Å²) in [5.74, 6) is -3.10. The number of fused-ring (bicyclic) bond motifs is 1. The van der Waals surface area contributed by atoms with Gasteiger partial charge in [0.2, 0.25) is 6.10 Å². The lowest BCUT2D eigenvalue weighted by atomic mass is 9.95. The Hall–Kier alpha value is -3.00. The maximum atomic E-state index is 13.3. The number of hydrogen-bond acceptors (Lipinski definition) is 3. The first-order chi connectivity index (χ1) is 12.6. The van der Waals surface area contributed by atoms with Crippen LogP contribution in [0, 0.1) is 0 Å². The molecule has 0 aromatic heterocycles. The number of carboxylic acid groups (broad SMARTS) is 2. The third kappa shape index (κ3) is 3.61. The van der Waals surface area contributed by atoms with E-state index in [4.69, 9.17) is 26.6 Å². The summed E-state index contributed by atoms with van der Waals surface area (Å²) < 4.78 is 44.9. The van der Waals surface area contributed by atoms with Gasteiger partial charge in [-0.25, -0.2) is 9.59 Å². The first-order valence-electron chi connectivity index (χ1n) is 7.43. The van der Waals surface area contributed by atoms with Crippen LogP contribution in [0.5, 0.6) is 5.75 Å². The SMILES string of the molecule is O=C(O)C1=Cc2cc(Cl)cc(-c3ccc(C(=O)O)cc3)c2OC1C(F)(F)F. The molecule has 1 aliphatic heterocycles. The lowest BCUT2D eigenvalue weighted by Gasteiger charge is -2.28. The summed E-state index contributed by atoms with van der Waals surface area (Å²) in [6, 6.07) is 8.03. The fraction of sp³-hybridized carbons (Fsp3) is 0.111. The average Bonchev–Trinajstić information content (AvgIpc) is 2.59. The van der Waals surface area contributed by atoms with Gasteiger partial charge in [-0.1, -0.05) is 23.7 Å². The molecule has 1 aliphatic rings. The zero-order valence-corrected chi connectivity index (χ0v) is 14.0. The summed E-state index contributed by atoms with van der Waals surface area (Å²) >= 11 is 6.02. The number of carbonyl (C=O) groups is 2. The minimum absolute atomic E-state index is 0.00297. The van der Waals surface area contributed by atoms with E-state index in [9.17, 15) is 22.8 Å². The second kappa shape index (κ2) is 6.62. The summed E-state index contributed by atoms with van der Waals surface area (Å²) in [6.45, 7) is 0. The highest BCUT2D eigenvalue weighted by Gasteiger charge is 2.48. The number of hydrogen-bond donors (Lipinski definition) is 2. The molecular weight excluding hydrogens is 389 g/mol. The van der Waals surface area contributed by atoms with Crippen LogP contribution in [0.2, 0.25) is 5.02 Å². The molecule has 0 radical (unpaired) electrons. The topological polar surface area (TPSA) is 83.8 Å². The molecule has 1 atom stereocenters. The van der Waals surface area contributed by atoms with E-state index in [0.717, 1.165) is 6.08 Å². The monoisotopic (exact) mass is 398 g/mol. The molecule has 0 saturated heterocycles. The molecule has 0 saturated carbocycles. The number of rotatable bonds is 3. The molecule has 0 amide bonds. The van der Waals surface area contributed by atoms with E-state index in [0.29, 0.717) is 5.56 Å². The van der Waals surface area contributed by atoms with Crippen molar-refractivity contribution in [1.29, 1.82) is 0 Å². The Bertz CT molecular complexity index is 964. The second-order valence-corrected chi connectivity index (χ2v) is 6.13. The molecule has 0 spiro atoms. The van der Waals surface area contributed by atoms with Crippen molar-refractivity contribution in [3.8, 4) is 16.9 Å². The summed E-state index contributed by atoms with van der Waals surface area (Å²) in [5, 5.41) is 18.2. The smallest absolute Gasteiger partial charge is 0.430 e. The predicted molar refractivity (Wildman–Crippen MR) is 89.9 cm³/mol. The molecule has 5 nitrogen and oxygen atoms in total. The maximum absolute atomic E-state index is 13.3. The highest BCUT2D eigenvalue weighted by Crippen LogP contribution is 2.44. The minimum atomic E-state index is -4.94. The Morgan fingerprint density at radius 2 is 1.67 bits per heavy atom. The molecular formula is C18H10ClF3O5. The van der Waals surface area contributed by atoms with Crippen molar-refractivity contribution in [2.75, 3.05) is 0 Å². The summed E-state index contributed by atoms with van der Waals surface area (Å²) in [6.07, 6.45) is -6.70. The number of benzene rings is 2. The number of aliphatic carboxylic acids is 1. The molecule has 0 fully saturated rings. The summed E-state index contributed by atoms with van der Waals surface area (Å²) in [7, 11) is 0. The maximum Gasteiger partial charge on any atom is 0.430 e. The van der Waals surface area contributed by atoms with E-state index in [1.165, 1.54) is 36.4 Å². The summed E-state index contributed by atoms with van der Waals surface area (Å²) in [4.78, 5) is 22.2. The van der Waals surface area contributed by atoms with Crippen molar-refractivity contribution in [2.24, 2.45) is 0 Å². The Labute approximate surface area is 155 Å². The second-order valence-electron chi connectivity index (χ2n) is 5.70. The van der Waals surface area contributed by atoms with Crippen molar-refractivity contribution < 1.29 is 37.7 Å². The van der Waals surface area contributed by atoms with Gasteiger partial charge in [-0.15, -0.1) is 0 Å². The third-order valence-corrected chi connectivity index (χ3v) is 4.12. The van der Waals surface area contributed by atoms with E-state index in [2.05, 4.69) is 0 Å². The molecule has 9 heteroatoms. The van der Waals surface area contributed by atoms with Crippen LogP contribution in [-0.4, -0.2) is 34.4 Å². The van der Waals surface area contributed by atoms with Gasteiger partial charge < -0.3 is 14.9 Å². The van der Waals surface area contributed by atoms with Gasteiger partial charge in [0.1, 0.15) is 5.75 Å². The molecule has 0 bridgehead atoms. The van der Waals surface area contributed by atoms with Gasteiger partial charge in [-0.3, -0.25) is 0 Å². The number of aromatic carboxylic acids is 1. The Balaban J connectivity index is 2.18. The highest BCUT2D eigenvalue weighted by atomic mass is 35.5. The van der Waals surface area contributed by atoms with Gasteiger partial charge in [0, 0.05) is 16.1 Å². The minimum Gasteiger partial charge on any atom is -0.478 e. The van der Waals surface area contributed by atoms with Crippen LogP contribution in [0.1, 0.15) is 15.9 Å². The zero-order valence-electron chi connectivity index (χ0n) is 13.2. The van der Waals surface area contributed by atoms with Crippen molar-refractivity contribution in [3.05, 3.63) is 58.1 Å². The van der Waals surface area contributed by atoms with E-state index in [-0.39, 0.29) is 27.5 Å². The van der Waals surface area contributed by atoms with Gasteiger partial charge in [0.25, 0.3) is 0 Å². The van der Waals surface area contributed by atoms with Gasteiger partial charge >= 0.3 is 18.1 Å². The fourth-order valence-electron chi connectivity index (χ4n) is 2.70. The van der Waals surface area contributed by atoms with Crippen LogP contribution in [0.25, 0.3) is 17.2 Å². The van der Waals surface area contributed by atoms with Gasteiger partial charge in [-0.2, -0.15) is 13.2 Å². The van der Waals surface area contributed by atoms with Crippen molar-refractivity contribution in [2.45, 2.75) is 12.3 Å². The Morgan fingerprint density at radius 1 is 1.04 bits per heavy atom. The quantitative estimate of drug-likeness (QED) is 0.795. The third-order valence-electron chi connectivity index (χ3n) is 3.90. The van der Waals surface area contributed by atoms with Gasteiger partial charge in [-0.05, 0) is 35.9 Å². The molecule has 27 heavy (non-hydrogen) atoms. The number of halogens is 4. The van der Waals surface area contributed by atoms with Crippen molar-refractivity contribution >= 4 is 29.6 Å². The van der Waals surface area contributed by atoms with Crippen molar-refractivity contribution in [3.63, 3.8) is 0 Å². The predicted octanol–water partition coefficient (Wildman–Crippen LogP) is 4.50. The Kier molecular flexibility index (Phi) is 4.61. The molecule has 1 heterocycles. The van der Waals surface area contributed by atoms with E-state index in [1.807, 2.05) is 0 Å². The van der Waals surface area contributed by atoms with E-state index >= 15 is 0 Å². The summed E-state index contributed by atoms with van der Waals surface area (Å²) in [5.41, 5.74) is -0.324. The van der Waals surface area contributed by atoms with E-state index in [1.54, 1.807) is 0 Å². The van der Waals surface area contributed by atoms with Crippen molar-refractivity contribution in [1.82, 2.24) is 0 Å². The van der Waals surface area contributed by atoms with Crippen LogP contribution in [0.3, 0.4) is 0 Å². The Morgan fingerprint density at radius 3 is 2.19 bits per heavy atom. The number of ether oxygens (including phenoxy) is 1. The first kappa shape index (κ1) is 18.8. The van der Waals surface area contributed by atoms with Crippen LogP contribution in [0.4, 0.5) is 13.2 Å². The molecule has 1 unspecified atom stereocenters. The number of alkyl halides is 3. The first-order valence-corrected chi connectivity index (χ1v) is 7.81. The molecule has 2 N–H and O–H groups in total. The molecule has 3 rings (SSSR count). The lowest BCUT2D eigenvalue weighted by Crippen LogP contribution is -2.40. The normalized spacial score (nSPS) is 16.1. The lowest BCUT2D eigenvalue weighted by molar-refractivity contribution is -0.187. The zero-order chi connectivity index (χ0) is 19.9. The molecule has 140 valence electrons. The largest absolute Gasteiger partial charge is 0.478 e. The van der Waals surface area contributed by atoms with Gasteiger partial charge in [0.05, 0.1) is 11.1 Å². The molecule has 2 aromatic carbocycles. The van der Waals surface area contributed by atoms with Gasteiger partial charge in [0.15, 0.2) is 0 Å². The van der Waals surface area contributed by atoms with Crippen LogP contribution in [-0.2, 0) is 4.79 Å².